The molecule has 0 heterocycles. The zero-order valence-corrected chi connectivity index (χ0v) is 6.27. The number of rotatable bonds is 1. The molecule has 1 rings (SSSR count). The Morgan fingerprint density at radius 3 is 1.89 bits per heavy atom. The molecule has 52 valence electrons. The van der Waals surface area contributed by atoms with Gasteiger partial charge in [0, 0.05) is 0 Å². The third-order valence-corrected chi connectivity index (χ3v) is 2.99. The molecule has 0 aromatic rings. The maximum Gasteiger partial charge on any atom is 0.318 e. The molecule has 3 heteroatoms. The summed E-state index contributed by atoms with van der Waals surface area (Å²) in [7, 11) is -2.12. The molecule has 0 N–H and O–H groups in total. The van der Waals surface area contributed by atoms with Crippen LogP contribution in [0.2, 0.25) is 0 Å². The van der Waals surface area contributed by atoms with E-state index in [0.29, 0.717) is 0 Å². The molecule has 1 aliphatic carbocycles. The van der Waals surface area contributed by atoms with Crippen molar-refractivity contribution in [3.63, 3.8) is 0 Å². The second kappa shape index (κ2) is 3.17. The Labute approximate surface area is 55.5 Å². The molecular formula is C6H11O2P. The molecule has 0 aliphatic heterocycles. The average molecular weight is 146 g/mol. The standard InChI is InChI=1S/C6H11O2P/c7-9(8)6-4-2-1-3-5-6/h6H,1-5H2. The third-order valence-electron chi connectivity index (χ3n) is 1.87. The van der Waals surface area contributed by atoms with Gasteiger partial charge in [0.1, 0.15) is 0 Å². The normalized spacial score (nSPS) is 21.8. The van der Waals surface area contributed by atoms with E-state index < -0.39 is 7.68 Å². The Kier molecular flexibility index (Phi) is 2.47. The quantitative estimate of drug-likeness (QED) is 0.532. The van der Waals surface area contributed by atoms with E-state index in [1.807, 2.05) is 0 Å². The molecule has 9 heavy (non-hydrogen) atoms. The lowest BCUT2D eigenvalue weighted by molar-refractivity contribution is 0.458. The van der Waals surface area contributed by atoms with Crippen LogP contribution in [0.15, 0.2) is 0 Å². The number of hydrogen-bond donors (Lipinski definition) is 0. The van der Waals surface area contributed by atoms with Crippen molar-refractivity contribution in [3.8, 4) is 0 Å². The summed E-state index contributed by atoms with van der Waals surface area (Å²) in [6, 6.07) is 0. The van der Waals surface area contributed by atoms with Crippen LogP contribution in [0.4, 0.5) is 0 Å². The van der Waals surface area contributed by atoms with Gasteiger partial charge in [0.25, 0.3) is 0 Å². The topological polar surface area (TPSA) is 34.1 Å². The van der Waals surface area contributed by atoms with Gasteiger partial charge in [-0.25, -0.2) is 9.13 Å². The molecule has 1 saturated carbocycles. The first-order chi connectivity index (χ1) is 4.30. The van der Waals surface area contributed by atoms with Gasteiger partial charge in [-0.3, -0.25) is 0 Å². The number of hydrogen-bond acceptors (Lipinski definition) is 2. The van der Waals surface area contributed by atoms with Crippen LogP contribution < -0.4 is 0 Å². The van der Waals surface area contributed by atoms with Gasteiger partial charge in [0.2, 0.25) is 0 Å². The SMILES string of the molecule is O=P(=O)C1CCCCC1. The van der Waals surface area contributed by atoms with Crippen LogP contribution in [0.25, 0.3) is 0 Å². The first-order valence-corrected chi connectivity index (χ1v) is 4.69. The van der Waals surface area contributed by atoms with Crippen molar-refractivity contribution in [2.75, 3.05) is 0 Å². The summed E-state index contributed by atoms with van der Waals surface area (Å²) in [5, 5.41) is 0. The fraction of sp³-hybridized carbons (Fsp3) is 1.00. The molecule has 0 amide bonds. The summed E-state index contributed by atoms with van der Waals surface area (Å²) in [5.74, 6) is 0. The Balaban J connectivity index is 2.40. The first kappa shape index (κ1) is 7.01. The second-order valence-electron chi connectivity index (χ2n) is 2.58. The maximum absolute atomic E-state index is 10.4. The van der Waals surface area contributed by atoms with E-state index in [1.165, 1.54) is 6.42 Å². The Morgan fingerprint density at radius 2 is 1.56 bits per heavy atom. The Morgan fingerprint density at radius 1 is 1.00 bits per heavy atom. The Bertz CT molecular complexity index is 137. The van der Waals surface area contributed by atoms with Gasteiger partial charge in [-0.15, -0.1) is 0 Å². The molecule has 1 aliphatic rings. The molecule has 0 saturated heterocycles. The predicted molar refractivity (Wildman–Crippen MR) is 35.2 cm³/mol. The van der Waals surface area contributed by atoms with Crippen LogP contribution in [-0.4, -0.2) is 5.66 Å². The van der Waals surface area contributed by atoms with Gasteiger partial charge in [-0.05, 0) is 12.8 Å². The maximum atomic E-state index is 10.4. The van der Waals surface area contributed by atoms with Crippen LogP contribution >= 0.6 is 7.68 Å². The molecule has 0 spiro atoms. The zero-order chi connectivity index (χ0) is 6.69. The lowest BCUT2D eigenvalue weighted by Gasteiger charge is -2.13. The molecule has 0 radical (unpaired) electrons. The van der Waals surface area contributed by atoms with Gasteiger partial charge in [-0.2, -0.15) is 0 Å². The summed E-state index contributed by atoms with van der Waals surface area (Å²) >= 11 is 0. The minimum atomic E-state index is -2.12. The fourth-order valence-corrected chi connectivity index (χ4v) is 2.08. The van der Waals surface area contributed by atoms with E-state index in [4.69, 9.17) is 0 Å². The summed E-state index contributed by atoms with van der Waals surface area (Å²) in [4.78, 5) is 0. The molecule has 0 bridgehead atoms. The van der Waals surface area contributed by atoms with E-state index in [0.717, 1.165) is 25.7 Å². The minimum Gasteiger partial charge on any atom is -0.237 e. The van der Waals surface area contributed by atoms with E-state index in [9.17, 15) is 9.13 Å². The average Bonchev–Trinajstić information content (AvgIpc) is 1.90. The predicted octanol–water partition coefficient (Wildman–Crippen LogP) is 2.49. The molecule has 1 fully saturated rings. The van der Waals surface area contributed by atoms with E-state index in [-0.39, 0.29) is 5.66 Å². The molecule has 0 aromatic heterocycles. The summed E-state index contributed by atoms with van der Waals surface area (Å²) < 4.78 is 20.8. The lowest BCUT2D eigenvalue weighted by Crippen LogP contribution is -2.04. The van der Waals surface area contributed by atoms with Crippen LogP contribution in [0.3, 0.4) is 0 Å². The van der Waals surface area contributed by atoms with E-state index in [2.05, 4.69) is 0 Å². The van der Waals surface area contributed by atoms with Crippen LogP contribution in [0.1, 0.15) is 32.1 Å². The highest BCUT2D eigenvalue weighted by Gasteiger charge is 2.17. The van der Waals surface area contributed by atoms with E-state index >= 15 is 0 Å². The summed E-state index contributed by atoms with van der Waals surface area (Å²) in [6.07, 6.45) is 5.24. The van der Waals surface area contributed by atoms with Crippen molar-refractivity contribution >= 4 is 7.68 Å². The highest BCUT2D eigenvalue weighted by molar-refractivity contribution is 7.31. The van der Waals surface area contributed by atoms with E-state index in [1.54, 1.807) is 0 Å². The zero-order valence-electron chi connectivity index (χ0n) is 5.38. The largest absolute Gasteiger partial charge is 0.318 e. The monoisotopic (exact) mass is 146 g/mol. The van der Waals surface area contributed by atoms with Gasteiger partial charge < -0.3 is 0 Å². The second-order valence-corrected chi connectivity index (χ2v) is 3.88. The van der Waals surface area contributed by atoms with Crippen molar-refractivity contribution < 1.29 is 9.13 Å². The van der Waals surface area contributed by atoms with Crippen molar-refractivity contribution in [1.82, 2.24) is 0 Å². The lowest BCUT2D eigenvalue weighted by atomic mass is 10.0. The van der Waals surface area contributed by atoms with Gasteiger partial charge in [0.15, 0.2) is 0 Å². The van der Waals surface area contributed by atoms with Crippen molar-refractivity contribution in [2.24, 2.45) is 0 Å². The molecule has 2 nitrogen and oxygen atoms in total. The molecular weight excluding hydrogens is 135 g/mol. The first-order valence-electron chi connectivity index (χ1n) is 3.44. The van der Waals surface area contributed by atoms with Crippen LogP contribution in [0, 0.1) is 0 Å². The van der Waals surface area contributed by atoms with Crippen LogP contribution in [0.5, 0.6) is 0 Å². The van der Waals surface area contributed by atoms with Crippen LogP contribution in [-0.2, 0) is 9.13 Å². The van der Waals surface area contributed by atoms with Crippen molar-refractivity contribution in [3.05, 3.63) is 0 Å². The molecule has 0 aromatic carbocycles. The highest BCUT2D eigenvalue weighted by atomic mass is 31.1. The minimum absolute atomic E-state index is 0.00810. The smallest absolute Gasteiger partial charge is 0.237 e. The summed E-state index contributed by atoms with van der Waals surface area (Å²) in [5.41, 5.74) is 0.00810. The fourth-order valence-electron chi connectivity index (χ4n) is 1.29. The molecule has 0 atom stereocenters. The van der Waals surface area contributed by atoms with Gasteiger partial charge >= 0.3 is 7.68 Å². The molecule has 0 unspecified atom stereocenters. The summed E-state index contributed by atoms with van der Waals surface area (Å²) in [6.45, 7) is 0. The van der Waals surface area contributed by atoms with Crippen molar-refractivity contribution in [2.45, 2.75) is 37.8 Å². The van der Waals surface area contributed by atoms with Gasteiger partial charge in [0.05, 0.1) is 5.66 Å². The Hall–Kier alpha value is -0.100. The van der Waals surface area contributed by atoms with Crippen molar-refractivity contribution in [1.29, 1.82) is 0 Å². The highest BCUT2D eigenvalue weighted by Crippen LogP contribution is 2.30. The third kappa shape index (κ3) is 1.94. The van der Waals surface area contributed by atoms with Gasteiger partial charge in [-0.1, -0.05) is 19.3 Å².